The van der Waals surface area contributed by atoms with Gasteiger partial charge in [-0.3, -0.25) is 0 Å². The van der Waals surface area contributed by atoms with Crippen LogP contribution >= 0.6 is 10.7 Å². The third kappa shape index (κ3) is 2.53. The maximum Gasteiger partial charge on any atom is 0.261 e. The molecular weight excluding hydrogens is 250 g/mol. The van der Waals surface area contributed by atoms with Crippen molar-refractivity contribution in [2.24, 2.45) is 0 Å². The van der Waals surface area contributed by atoms with Crippen LogP contribution in [0.25, 0.3) is 0 Å². The number of aliphatic hydroxyl groups is 1. The highest BCUT2D eigenvalue weighted by atomic mass is 35.7. The van der Waals surface area contributed by atoms with E-state index in [0.717, 1.165) is 0 Å². The van der Waals surface area contributed by atoms with E-state index in [4.69, 9.17) is 21.1 Å². The van der Waals surface area contributed by atoms with Crippen LogP contribution in [0.5, 0.6) is 0 Å². The van der Waals surface area contributed by atoms with Gasteiger partial charge in [0.1, 0.15) is 0 Å². The molecule has 0 aromatic heterocycles. The monoisotopic (exact) mass is 259 g/mol. The summed E-state index contributed by atoms with van der Waals surface area (Å²) in [5.74, 6) is 0. The number of nitriles is 1. The Morgan fingerprint density at radius 3 is 2.44 bits per heavy atom. The van der Waals surface area contributed by atoms with Gasteiger partial charge in [-0.25, -0.2) is 8.42 Å². The molecule has 0 fully saturated rings. The quantitative estimate of drug-likeness (QED) is 0.835. The second-order valence-corrected chi connectivity index (χ2v) is 5.71. The number of hydrogen-bond donors (Lipinski definition) is 1. The van der Waals surface area contributed by atoms with Crippen molar-refractivity contribution in [2.75, 3.05) is 0 Å². The van der Waals surface area contributed by atoms with Crippen LogP contribution in [-0.2, 0) is 22.1 Å². The number of hydrogen-bond acceptors (Lipinski definition) is 4. The Hall–Kier alpha value is -1.09. The van der Waals surface area contributed by atoms with Crippen molar-refractivity contribution in [1.29, 1.82) is 5.26 Å². The summed E-state index contributed by atoms with van der Waals surface area (Å²) in [4.78, 5) is -0.132. The fraction of sp³-hybridized carbons (Fsp3) is 0.300. The van der Waals surface area contributed by atoms with Gasteiger partial charge in [0.05, 0.1) is 23.1 Å². The maximum atomic E-state index is 11.3. The molecule has 16 heavy (non-hydrogen) atoms. The largest absolute Gasteiger partial charge is 0.392 e. The Balaban J connectivity index is 3.58. The van der Waals surface area contributed by atoms with Gasteiger partial charge >= 0.3 is 0 Å². The molecule has 1 rings (SSSR count). The SMILES string of the molecule is CCc1cc(S(=O)(=O)Cl)c(CO)cc1C#N. The van der Waals surface area contributed by atoms with E-state index >= 15 is 0 Å². The number of benzene rings is 1. The molecule has 0 unspecified atom stereocenters. The molecule has 86 valence electrons. The summed E-state index contributed by atoms with van der Waals surface area (Å²) in [5, 5.41) is 17.9. The van der Waals surface area contributed by atoms with Crippen LogP contribution in [0, 0.1) is 11.3 Å². The van der Waals surface area contributed by atoms with Crippen molar-refractivity contribution < 1.29 is 13.5 Å². The van der Waals surface area contributed by atoms with Crippen molar-refractivity contribution in [3.63, 3.8) is 0 Å². The van der Waals surface area contributed by atoms with E-state index in [9.17, 15) is 8.42 Å². The lowest BCUT2D eigenvalue weighted by Gasteiger charge is -2.08. The third-order valence-corrected chi connectivity index (χ3v) is 3.62. The fourth-order valence-corrected chi connectivity index (χ4v) is 2.56. The lowest BCUT2D eigenvalue weighted by Crippen LogP contribution is -2.02. The zero-order valence-electron chi connectivity index (χ0n) is 8.57. The molecule has 4 nitrogen and oxygen atoms in total. The number of aliphatic hydroxyl groups excluding tert-OH is 1. The Morgan fingerprint density at radius 2 is 2.06 bits per heavy atom. The molecule has 0 amide bonds. The van der Waals surface area contributed by atoms with E-state index in [1.165, 1.54) is 12.1 Å². The number of nitrogens with zero attached hydrogens (tertiary/aromatic N) is 1. The predicted octanol–water partition coefficient (Wildman–Crippen LogP) is 1.54. The Morgan fingerprint density at radius 1 is 1.44 bits per heavy atom. The first-order chi connectivity index (χ1) is 7.43. The van der Waals surface area contributed by atoms with Crippen LogP contribution < -0.4 is 0 Å². The molecule has 0 saturated heterocycles. The molecule has 1 aromatic rings. The summed E-state index contributed by atoms with van der Waals surface area (Å²) in [6.45, 7) is 1.33. The molecule has 0 bridgehead atoms. The van der Waals surface area contributed by atoms with Gasteiger partial charge in [-0.1, -0.05) is 6.92 Å². The first-order valence-electron chi connectivity index (χ1n) is 4.55. The summed E-state index contributed by atoms with van der Waals surface area (Å²) in [6.07, 6.45) is 0.522. The summed E-state index contributed by atoms with van der Waals surface area (Å²) < 4.78 is 22.5. The average Bonchev–Trinajstić information content (AvgIpc) is 2.25. The molecular formula is C10H10ClNO3S. The van der Waals surface area contributed by atoms with Gasteiger partial charge < -0.3 is 5.11 Å². The molecule has 0 aliphatic heterocycles. The van der Waals surface area contributed by atoms with Crippen molar-refractivity contribution >= 4 is 19.7 Å². The van der Waals surface area contributed by atoms with Gasteiger partial charge in [0.25, 0.3) is 9.05 Å². The smallest absolute Gasteiger partial charge is 0.261 e. The highest BCUT2D eigenvalue weighted by molar-refractivity contribution is 8.13. The molecule has 0 radical (unpaired) electrons. The molecule has 6 heteroatoms. The van der Waals surface area contributed by atoms with Gasteiger partial charge in [0, 0.05) is 10.7 Å². The number of rotatable bonds is 3. The van der Waals surface area contributed by atoms with Crippen LogP contribution in [0.3, 0.4) is 0 Å². The minimum absolute atomic E-state index is 0.132. The van der Waals surface area contributed by atoms with Crippen LogP contribution in [0.2, 0.25) is 0 Å². The van der Waals surface area contributed by atoms with Crippen LogP contribution in [0.1, 0.15) is 23.6 Å². The molecule has 0 aliphatic carbocycles. The van der Waals surface area contributed by atoms with Crippen molar-refractivity contribution in [2.45, 2.75) is 24.8 Å². The molecule has 1 N–H and O–H groups in total. The van der Waals surface area contributed by atoms with E-state index in [0.29, 0.717) is 17.5 Å². The third-order valence-electron chi connectivity index (χ3n) is 2.22. The first-order valence-corrected chi connectivity index (χ1v) is 6.86. The first kappa shape index (κ1) is 13.0. The summed E-state index contributed by atoms with van der Waals surface area (Å²) >= 11 is 0. The second-order valence-electron chi connectivity index (χ2n) is 3.18. The van der Waals surface area contributed by atoms with E-state index in [-0.39, 0.29) is 10.5 Å². The highest BCUT2D eigenvalue weighted by Crippen LogP contribution is 2.24. The Bertz CT molecular complexity index is 546. The molecule has 0 heterocycles. The van der Waals surface area contributed by atoms with Gasteiger partial charge in [-0.15, -0.1) is 0 Å². The molecule has 0 saturated carbocycles. The average molecular weight is 260 g/mol. The lowest BCUT2D eigenvalue weighted by molar-refractivity contribution is 0.278. The zero-order chi connectivity index (χ0) is 12.3. The Kier molecular flexibility index (Phi) is 3.92. The Labute approximate surface area is 98.5 Å². The van der Waals surface area contributed by atoms with Crippen molar-refractivity contribution in [3.8, 4) is 6.07 Å². The minimum Gasteiger partial charge on any atom is -0.392 e. The standard InChI is InChI=1S/C10H10ClNO3S/c1-2-7-4-10(16(11,14)15)9(6-13)3-8(7)5-12/h3-4,13H,2,6H2,1H3. The molecule has 1 aromatic carbocycles. The van der Waals surface area contributed by atoms with Gasteiger partial charge in [0.2, 0.25) is 0 Å². The van der Waals surface area contributed by atoms with Crippen molar-refractivity contribution in [1.82, 2.24) is 0 Å². The highest BCUT2D eigenvalue weighted by Gasteiger charge is 2.18. The number of halogens is 1. The van der Waals surface area contributed by atoms with Gasteiger partial charge in [0.15, 0.2) is 0 Å². The summed E-state index contributed by atoms with van der Waals surface area (Å²) in [6, 6.07) is 4.65. The fourth-order valence-electron chi connectivity index (χ4n) is 1.41. The number of aryl methyl sites for hydroxylation is 1. The molecule has 0 spiro atoms. The predicted molar refractivity (Wildman–Crippen MR) is 59.5 cm³/mol. The minimum atomic E-state index is -3.90. The summed E-state index contributed by atoms with van der Waals surface area (Å²) in [5.41, 5.74) is 1.10. The normalized spacial score (nSPS) is 11.1. The van der Waals surface area contributed by atoms with E-state index < -0.39 is 15.7 Å². The van der Waals surface area contributed by atoms with Crippen molar-refractivity contribution in [3.05, 3.63) is 28.8 Å². The lowest BCUT2D eigenvalue weighted by atomic mass is 10.0. The second kappa shape index (κ2) is 4.83. The van der Waals surface area contributed by atoms with Gasteiger partial charge in [-0.05, 0) is 29.7 Å². The van der Waals surface area contributed by atoms with Gasteiger partial charge in [-0.2, -0.15) is 5.26 Å². The maximum absolute atomic E-state index is 11.3. The van der Waals surface area contributed by atoms with Crippen LogP contribution in [0.15, 0.2) is 17.0 Å². The van der Waals surface area contributed by atoms with Crippen LogP contribution in [-0.4, -0.2) is 13.5 Å². The van der Waals surface area contributed by atoms with Crippen LogP contribution in [0.4, 0.5) is 0 Å². The van der Waals surface area contributed by atoms with E-state index in [1.807, 2.05) is 6.07 Å². The van der Waals surface area contributed by atoms with E-state index in [1.54, 1.807) is 6.92 Å². The topological polar surface area (TPSA) is 78.2 Å². The molecule has 0 aliphatic rings. The summed E-state index contributed by atoms with van der Waals surface area (Å²) in [7, 11) is 1.34. The zero-order valence-corrected chi connectivity index (χ0v) is 10.1. The molecule has 0 atom stereocenters. The van der Waals surface area contributed by atoms with E-state index in [2.05, 4.69) is 0 Å².